The Balaban J connectivity index is 0.00000114. The van der Waals surface area contributed by atoms with Gasteiger partial charge in [-0.1, -0.05) is 88.7 Å². The number of hydrogen-bond donors (Lipinski definition) is 2. The molecule has 0 heterocycles. The summed E-state index contributed by atoms with van der Waals surface area (Å²) in [6.45, 7) is 16.3. The molecule has 10 heteroatoms. The number of allylic oxidation sites excluding steroid dienone is 2. The average molecular weight is 666 g/mol. The second-order valence-corrected chi connectivity index (χ2v) is 13.0. The number of aliphatic hydroxyl groups excluding tert-OH is 1. The van der Waals surface area contributed by atoms with Crippen LogP contribution >= 0.6 is 34.8 Å². The standard InChI is InChI=1S/C22H29Cl3O5.C11H22O2/c1-13(2)10-18(27)16-6-7-19(15(4)22(16)28-5)30-9-8-17(23)21(25)20(24)14(3)11-29-12-26;1-5-7-9(6-2)8-11(3,4)10(12)13/h6-8,12-14,18,27H,9-11H2,1-5H3;9H,5-8H2,1-4H3,(H,12,13)/b17-8+,21-20-;. The van der Waals surface area contributed by atoms with Gasteiger partial charge in [-0.25, -0.2) is 0 Å². The molecule has 0 bridgehead atoms. The summed E-state index contributed by atoms with van der Waals surface area (Å²) >= 11 is 18.6. The molecular formula is C33H51Cl3O7. The van der Waals surface area contributed by atoms with Gasteiger partial charge in [0.1, 0.15) is 18.1 Å². The van der Waals surface area contributed by atoms with Crippen molar-refractivity contribution in [1.82, 2.24) is 0 Å². The van der Waals surface area contributed by atoms with Crippen LogP contribution in [0.4, 0.5) is 0 Å². The number of aliphatic hydroxyl groups is 1. The van der Waals surface area contributed by atoms with Crippen LogP contribution in [0.15, 0.2) is 33.3 Å². The first kappa shape index (κ1) is 41.1. The molecule has 0 amide bonds. The quantitative estimate of drug-likeness (QED) is 0.119. The maximum atomic E-state index is 10.9. The fourth-order valence-corrected chi connectivity index (χ4v) is 5.15. The highest BCUT2D eigenvalue weighted by Crippen LogP contribution is 2.37. The second kappa shape index (κ2) is 20.9. The molecule has 0 radical (unpaired) electrons. The molecule has 1 rings (SSSR count). The zero-order valence-electron chi connectivity index (χ0n) is 27.1. The van der Waals surface area contributed by atoms with Gasteiger partial charge in [0.2, 0.25) is 0 Å². The Bertz CT molecular complexity index is 1070. The normalized spacial score (nSPS) is 14.6. The Kier molecular flexibility index (Phi) is 20.0. The number of hydrogen-bond acceptors (Lipinski definition) is 6. The van der Waals surface area contributed by atoms with Crippen LogP contribution in [0.25, 0.3) is 0 Å². The molecule has 1 aromatic rings. The van der Waals surface area contributed by atoms with Crippen LogP contribution in [0.2, 0.25) is 0 Å². The molecule has 0 aliphatic heterocycles. The number of carbonyl (C=O) groups is 2. The van der Waals surface area contributed by atoms with Gasteiger partial charge in [-0.15, -0.1) is 0 Å². The largest absolute Gasteiger partial charge is 0.496 e. The number of carboxylic acid groups (broad SMARTS) is 1. The summed E-state index contributed by atoms with van der Waals surface area (Å²) in [6.07, 6.45) is 5.79. The van der Waals surface area contributed by atoms with Crippen LogP contribution in [-0.2, 0) is 14.3 Å². The molecule has 0 saturated heterocycles. The highest BCUT2D eigenvalue weighted by Gasteiger charge is 2.29. The molecular weight excluding hydrogens is 615 g/mol. The summed E-state index contributed by atoms with van der Waals surface area (Å²) in [7, 11) is 1.57. The zero-order valence-corrected chi connectivity index (χ0v) is 29.4. The third-order valence-corrected chi connectivity index (χ3v) is 8.57. The molecule has 0 spiro atoms. The van der Waals surface area contributed by atoms with Crippen molar-refractivity contribution < 1.29 is 34.0 Å². The van der Waals surface area contributed by atoms with Crippen molar-refractivity contribution in [2.24, 2.45) is 23.2 Å². The molecule has 3 atom stereocenters. The van der Waals surface area contributed by atoms with Crippen LogP contribution in [0.3, 0.4) is 0 Å². The molecule has 7 nitrogen and oxygen atoms in total. The predicted molar refractivity (Wildman–Crippen MR) is 176 cm³/mol. The lowest BCUT2D eigenvalue weighted by Gasteiger charge is -2.24. The highest BCUT2D eigenvalue weighted by molar-refractivity contribution is 6.48. The van der Waals surface area contributed by atoms with Gasteiger partial charge in [-0.2, -0.15) is 0 Å². The van der Waals surface area contributed by atoms with E-state index in [1.165, 1.54) is 0 Å². The van der Waals surface area contributed by atoms with E-state index < -0.39 is 17.5 Å². The van der Waals surface area contributed by atoms with Gasteiger partial charge in [0.25, 0.3) is 6.47 Å². The third kappa shape index (κ3) is 14.6. The van der Waals surface area contributed by atoms with E-state index in [1.807, 2.05) is 20.8 Å². The van der Waals surface area contributed by atoms with Crippen LogP contribution in [0.1, 0.15) is 97.8 Å². The number of benzene rings is 1. The minimum absolute atomic E-state index is 0.104. The van der Waals surface area contributed by atoms with Gasteiger partial charge < -0.3 is 24.4 Å². The van der Waals surface area contributed by atoms with Crippen LogP contribution in [-0.4, -0.2) is 43.0 Å². The first-order chi connectivity index (χ1) is 20.1. The summed E-state index contributed by atoms with van der Waals surface area (Å²) in [4.78, 5) is 21.2. The predicted octanol–water partition coefficient (Wildman–Crippen LogP) is 9.40. The van der Waals surface area contributed by atoms with E-state index in [0.717, 1.165) is 36.8 Å². The summed E-state index contributed by atoms with van der Waals surface area (Å²) in [5.74, 6) is 1.15. The number of aliphatic carboxylic acids is 1. The molecule has 246 valence electrons. The third-order valence-electron chi connectivity index (χ3n) is 7.06. The minimum Gasteiger partial charge on any atom is -0.496 e. The molecule has 0 aromatic heterocycles. The molecule has 1 aromatic carbocycles. The number of carbonyl (C=O) groups excluding carboxylic acids is 1. The van der Waals surface area contributed by atoms with Crippen molar-refractivity contribution >= 4 is 47.2 Å². The van der Waals surface area contributed by atoms with E-state index in [1.54, 1.807) is 32.2 Å². The SMILES string of the molecule is CCCC(CC)CC(C)(C)C(=O)O.COc1c(C(O)CC(C)C)ccc(OC/C=C(Cl)\C(Cl)=C(\Cl)C(C)COC=O)c1C. The lowest BCUT2D eigenvalue weighted by atomic mass is 9.80. The number of methoxy groups -OCH3 is 1. The Morgan fingerprint density at radius 2 is 1.74 bits per heavy atom. The highest BCUT2D eigenvalue weighted by atomic mass is 35.5. The van der Waals surface area contributed by atoms with Gasteiger partial charge in [0, 0.05) is 22.1 Å². The molecule has 43 heavy (non-hydrogen) atoms. The average Bonchev–Trinajstić information content (AvgIpc) is 2.95. The Hall–Kier alpha value is -1.93. The topological polar surface area (TPSA) is 102 Å². The smallest absolute Gasteiger partial charge is 0.309 e. The molecule has 0 saturated carbocycles. The van der Waals surface area contributed by atoms with Crippen molar-refractivity contribution in [3.8, 4) is 11.5 Å². The van der Waals surface area contributed by atoms with Gasteiger partial charge in [0.15, 0.2) is 0 Å². The van der Waals surface area contributed by atoms with Crippen molar-refractivity contribution in [1.29, 1.82) is 0 Å². The Morgan fingerprint density at radius 3 is 2.23 bits per heavy atom. The van der Waals surface area contributed by atoms with Gasteiger partial charge in [0.05, 0.1) is 35.3 Å². The molecule has 0 aliphatic rings. The van der Waals surface area contributed by atoms with Crippen molar-refractivity contribution in [2.45, 2.75) is 93.6 Å². The number of halogens is 3. The zero-order chi connectivity index (χ0) is 33.3. The van der Waals surface area contributed by atoms with Crippen molar-refractivity contribution in [3.05, 3.63) is 44.4 Å². The van der Waals surface area contributed by atoms with Crippen molar-refractivity contribution in [2.75, 3.05) is 20.3 Å². The first-order valence-electron chi connectivity index (χ1n) is 14.8. The van der Waals surface area contributed by atoms with Gasteiger partial charge >= 0.3 is 5.97 Å². The maximum Gasteiger partial charge on any atom is 0.309 e. The van der Waals surface area contributed by atoms with Crippen LogP contribution in [0, 0.1) is 30.1 Å². The van der Waals surface area contributed by atoms with E-state index in [9.17, 15) is 14.7 Å². The fraction of sp³-hybridized carbons (Fsp3) is 0.636. The number of rotatable bonds is 18. The lowest BCUT2D eigenvalue weighted by molar-refractivity contribution is -0.148. The number of carboxylic acids is 1. The van der Waals surface area contributed by atoms with Gasteiger partial charge in [-0.3, -0.25) is 9.59 Å². The minimum atomic E-state index is -0.679. The monoisotopic (exact) mass is 664 g/mol. The lowest BCUT2D eigenvalue weighted by Crippen LogP contribution is -2.26. The van der Waals surface area contributed by atoms with E-state index in [4.69, 9.17) is 54.1 Å². The maximum absolute atomic E-state index is 10.9. The summed E-state index contributed by atoms with van der Waals surface area (Å²) in [5.41, 5.74) is 0.950. The molecule has 2 N–H and O–H groups in total. The van der Waals surface area contributed by atoms with Crippen LogP contribution < -0.4 is 9.47 Å². The second-order valence-electron chi connectivity index (χ2n) is 11.8. The van der Waals surface area contributed by atoms with E-state index in [0.29, 0.717) is 41.3 Å². The van der Waals surface area contributed by atoms with Gasteiger partial charge in [-0.05, 0) is 63.7 Å². The molecule has 0 aliphatic carbocycles. The van der Waals surface area contributed by atoms with E-state index in [2.05, 4.69) is 27.7 Å². The van der Waals surface area contributed by atoms with Crippen LogP contribution in [0.5, 0.6) is 11.5 Å². The summed E-state index contributed by atoms with van der Waals surface area (Å²) in [6, 6.07) is 3.60. The summed E-state index contributed by atoms with van der Waals surface area (Å²) in [5, 5.41) is 20.1. The molecule has 3 unspecified atom stereocenters. The number of ether oxygens (including phenoxy) is 3. The Morgan fingerprint density at radius 1 is 1.12 bits per heavy atom. The summed E-state index contributed by atoms with van der Waals surface area (Å²) < 4.78 is 16.0. The molecule has 0 fully saturated rings. The Labute approximate surface area is 273 Å². The van der Waals surface area contributed by atoms with Crippen molar-refractivity contribution in [3.63, 3.8) is 0 Å². The van der Waals surface area contributed by atoms with E-state index in [-0.39, 0.29) is 29.2 Å². The first-order valence-corrected chi connectivity index (χ1v) is 15.9. The van der Waals surface area contributed by atoms with E-state index >= 15 is 0 Å². The fourth-order valence-electron chi connectivity index (χ4n) is 4.51.